The lowest BCUT2D eigenvalue weighted by Gasteiger charge is -2.10. The SMILES string of the molecule is Cc1cccn2c(=O)cc(COc3cccc(NC(=O)c4ccccc4)c3)nc12. The van der Waals surface area contributed by atoms with Crippen LogP contribution in [0.2, 0.25) is 0 Å². The zero-order valence-corrected chi connectivity index (χ0v) is 15.8. The Morgan fingerprint density at radius 2 is 1.86 bits per heavy atom. The average molecular weight is 385 g/mol. The summed E-state index contributed by atoms with van der Waals surface area (Å²) in [6.45, 7) is 2.06. The molecule has 0 fully saturated rings. The lowest BCUT2D eigenvalue weighted by Crippen LogP contribution is -2.17. The Kier molecular flexibility index (Phi) is 5.07. The van der Waals surface area contributed by atoms with Gasteiger partial charge >= 0.3 is 0 Å². The minimum Gasteiger partial charge on any atom is -0.487 e. The van der Waals surface area contributed by atoms with Gasteiger partial charge in [-0.25, -0.2) is 4.98 Å². The first-order valence-corrected chi connectivity index (χ1v) is 9.17. The molecule has 0 aliphatic rings. The number of nitrogens with zero attached hydrogens (tertiary/aromatic N) is 2. The topological polar surface area (TPSA) is 72.7 Å². The molecular weight excluding hydrogens is 366 g/mol. The Bertz CT molecular complexity index is 1230. The highest BCUT2D eigenvalue weighted by atomic mass is 16.5. The molecule has 4 rings (SSSR count). The van der Waals surface area contributed by atoms with Gasteiger partial charge in [-0.3, -0.25) is 14.0 Å². The van der Waals surface area contributed by atoms with E-state index in [0.717, 1.165) is 5.56 Å². The van der Waals surface area contributed by atoms with Gasteiger partial charge in [0.15, 0.2) is 0 Å². The molecule has 2 heterocycles. The van der Waals surface area contributed by atoms with E-state index in [0.29, 0.717) is 28.3 Å². The Balaban J connectivity index is 1.49. The molecule has 0 spiro atoms. The molecule has 0 radical (unpaired) electrons. The van der Waals surface area contributed by atoms with Crippen molar-refractivity contribution in [2.24, 2.45) is 0 Å². The van der Waals surface area contributed by atoms with Gasteiger partial charge in [0.25, 0.3) is 11.5 Å². The van der Waals surface area contributed by atoms with Gasteiger partial charge < -0.3 is 10.1 Å². The van der Waals surface area contributed by atoms with Crippen LogP contribution in [0.3, 0.4) is 0 Å². The van der Waals surface area contributed by atoms with Gasteiger partial charge in [-0.05, 0) is 42.8 Å². The summed E-state index contributed by atoms with van der Waals surface area (Å²) in [6.07, 6.45) is 1.70. The second-order valence-corrected chi connectivity index (χ2v) is 6.61. The Morgan fingerprint density at radius 1 is 1.03 bits per heavy atom. The van der Waals surface area contributed by atoms with Crippen LogP contribution in [-0.4, -0.2) is 15.3 Å². The van der Waals surface area contributed by atoms with E-state index in [1.807, 2.05) is 37.3 Å². The summed E-state index contributed by atoms with van der Waals surface area (Å²) in [5.41, 5.74) is 3.12. The van der Waals surface area contributed by atoms with E-state index in [1.165, 1.54) is 10.5 Å². The predicted molar refractivity (Wildman–Crippen MR) is 111 cm³/mol. The molecule has 0 bridgehead atoms. The summed E-state index contributed by atoms with van der Waals surface area (Å²) in [6, 6.07) is 21.3. The number of benzene rings is 2. The third kappa shape index (κ3) is 4.16. The molecule has 1 N–H and O–H groups in total. The minimum absolute atomic E-state index is 0.149. The highest BCUT2D eigenvalue weighted by Gasteiger charge is 2.08. The smallest absolute Gasteiger partial charge is 0.258 e. The molecule has 1 amide bonds. The van der Waals surface area contributed by atoms with Crippen molar-refractivity contribution < 1.29 is 9.53 Å². The van der Waals surface area contributed by atoms with E-state index in [-0.39, 0.29) is 18.1 Å². The van der Waals surface area contributed by atoms with Crippen molar-refractivity contribution >= 4 is 17.2 Å². The highest BCUT2D eigenvalue weighted by molar-refractivity contribution is 6.04. The van der Waals surface area contributed by atoms with Gasteiger partial charge in [0, 0.05) is 29.6 Å². The van der Waals surface area contributed by atoms with Crippen LogP contribution in [0.15, 0.2) is 83.8 Å². The van der Waals surface area contributed by atoms with Crippen LogP contribution < -0.4 is 15.6 Å². The predicted octanol–water partition coefficient (Wildman–Crippen LogP) is 3.83. The first kappa shape index (κ1) is 18.4. The van der Waals surface area contributed by atoms with Crippen molar-refractivity contribution in [3.8, 4) is 5.75 Å². The maximum atomic E-state index is 12.3. The number of pyridine rings is 1. The molecule has 29 heavy (non-hydrogen) atoms. The van der Waals surface area contributed by atoms with Gasteiger partial charge in [0.2, 0.25) is 0 Å². The van der Waals surface area contributed by atoms with Crippen molar-refractivity contribution in [3.05, 3.63) is 106 Å². The zero-order chi connectivity index (χ0) is 20.2. The second kappa shape index (κ2) is 7.98. The maximum Gasteiger partial charge on any atom is 0.258 e. The molecule has 0 unspecified atom stereocenters. The van der Waals surface area contributed by atoms with Crippen molar-refractivity contribution in [3.63, 3.8) is 0 Å². The Labute approximate surface area is 167 Å². The Hall–Kier alpha value is -3.93. The highest BCUT2D eigenvalue weighted by Crippen LogP contribution is 2.19. The number of rotatable bonds is 5. The van der Waals surface area contributed by atoms with Gasteiger partial charge in [-0.2, -0.15) is 0 Å². The molecular formula is C23H19N3O3. The average Bonchev–Trinajstić information content (AvgIpc) is 2.74. The number of ether oxygens (including phenoxy) is 1. The van der Waals surface area contributed by atoms with Crippen molar-refractivity contribution in [2.45, 2.75) is 13.5 Å². The summed E-state index contributed by atoms with van der Waals surface area (Å²) < 4.78 is 7.31. The zero-order valence-electron chi connectivity index (χ0n) is 15.8. The van der Waals surface area contributed by atoms with E-state index in [9.17, 15) is 9.59 Å². The van der Waals surface area contributed by atoms with E-state index < -0.39 is 0 Å². The van der Waals surface area contributed by atoms with Gasteiger partial charge in [-0.1, -0.05) is 30.3 Å². The first-order chi connectivity index (χ1) is 14.1. The van der Waals surface area contributed by atoms with Gasteiger partial charge in [0.1, 0.15) is 18.0 Å². The molecule has 6 nitrogen and oxygen atoms in total. The number of nitrogens with one attached hydrogen (secondary N) is 1. The normalized spacial score (nSPS) is 10.7. The van der Waals surface area contributed by atoms with Crippen LogP contribution in [0.4, 0.5) is 5.69 Å². The fourth-order valence-corrected chi connectivity index (χ4v) is 3.00. The fraction of sp³-hybridized carbons (Fsp3) is 0.0870. The number of amides is 1. The third-order valence-electron chi connectivity index (χ3n) is 4.45. The first-order valence-electron chi connectivity index (χ1n) is 9.17. The molecule has 4 aromatic rings. The van der Waals surface area contributed by atoms with E-state index in [2.05, 4.69) is 10.3 Å². The van der Waals surface area contributed by atoms with Gasteiger partial charge in [0.05, 0.1) is 5.69 Å². The largest absolute Gasteiger partial charge is 0.487 e. The monoisotopic (exact) mass is 385 g/mol. The maximum absolute atomic E-state index is 12.3. The molecule has 0 saturated carbocycles. The number of aryl methyl sites for hydroxylation is 1. The molecule has 0 atom stereocenters. The quantitative estimate of drug-likeness (QED) is 0.567. The van der Waals surface area contributed by atoms with Gasteiger partial charge in [-0.15, -0.1) is 0 Å². The van der Waals surface area contributed by atoms with E-state index >= 15 is 0 Å². The van der Waals surface area contributed by atoms with Crippen LogP contribution in [0.25, 0.3) is 5.65 Å². The molecule has 144 valence electrons. The van der Waals surface area contributed by atoms with Crippen LogP contribution in [0.5, 0.6) is 5.75 Å². The van der Waals surface area contributed by atoms with Crippen molar-refractivity contribution in [1.82, 2.24) is 9.38 Å². The summed E-state index contributed by atoms with van der Waals surface area (Å²) >= 11 is 0. The minimum atomic E-state index is -0.192. The van der Waals surface area contributed by atoms with Crippen LogP contribution in [0, 0.1) is 6.92 Å². The fourth-order valence-electron chi connectivity index (χ4n) is 3.00. The molecule has 2 aromatic carbocycles. The van der Waals surface area contributed by atoms with Crippen LogP contribution in [0.1, 0.15) is 21.6 Å². The lowest BCUT2D eigenvalue weighted by atomic mass is 10.2. The third-order valence-corrected chi connectivity index (χ3v) is 4.45. The number of anilines is 1. The standard InChI is InChI=1S/C23H19N3O3/c1-16-7-6-12-26-21(27)14-19(24-22(16)26)15-29-20-11-5-10-18(13-20)25-23(28)17-8-3-2-4-9-17/h2-14H,15H2,1H3,(H,25,28). The summed E-state index contributed by atoms with van der Waals surface area (Å²) in [5, 5.41) is 2.85. The molecule has 0 aliphatic carbocycles. The number of carbonyl (C=O) groups excluding carboxylic acids is 1. The molecule has 0 aliphatic heterocycles. The molecule has 6 heteroatoms. The Morgan fingerprint density at radius 3 is 2.69 bits per heavy atom. The molecule has 2 aromatic heterocycles. The van der Waals surface area contributed by atoms with E-state index in [1.54, 1.807) is 42.6 Å². The summed E-state index contributed by atoms with van der Waals surface area (Å²) in [4.78, 5) is 29.1. The van der Waals surface area contributed by atoms with Crippen LogP contribution >= 0.6 is 0 Å². The van der Waals surface area contributed by atoms with Crippen molar-refractivity contribution in [1.29, 1.82) is 0 Å². The number of hydrogen-bond acceptors (Lipinski definition) is 4. The summed E-state index contributed by atoms with van der Waals surface area (Å²) in [7, 11) is 0. The number of fused-ring (bicyclic) bond motifs is 1. The second-order valence-electron chi connectivity index (χ2n) is 6.61. The lowest BCUT2D eigenvalue weighted by molar-refractivity contribution is 0.102. The number of aromatic nitrogens is 2. The number of carbonyl (C=O) groups is 1. The number of hydrogen-bond donors (Lipinski definition) is 1. The van der Waals surface area contributed by atoms with Crippen LogP contribution in [-0.2, 0) is 6.61 Å². The van der Waals surface area contributed by atoms with Crippen molar-refractivity contribution in [2.75, 3.05) is 5.32 Å². The molecule has 0 saturated heterocycles. The van der Waals surface area contributed by atoms with E-state index in [4.69, 9.17) is 4.74 Å². The summed E-state index contributed by atoms with van der Waals surface area (Å²) in [5.74, 6) is 0.380.